The molecule has 3 heterocycles. The van der Waals surface area contributed by atoms with E-state index in [-0.39, 0.29) is 23.6 Å². The average molecular weight is 371 g/mol. The highest BCUT2D eigenvalue weighted by molar-refractivity contribution is 5.90. The van der Waals surface area contributed by atoms with Crippen molar-refractivity contribution in [1.82, 2.24) is 25.0 Å². The lowest BCUT2D eigenvalue weighted by Gasteiger charge is -2.37. The molecule has 9 nitrogen and oxygen atoms in total. The Labute approximate surface area is 156 Å². The number of piperazine rings is 1. The van der Waals surface area contributed by atoms with Gasteiger partial charge in [0.05, 0.1) is 13.0 Å². The van der Waals surface area contributed by atoms with E-state index in [4.69, 9.17) is 9.47 Å². The molecule has 2 aliphatic heterocycles. The Morgan fingerprint density at radius 3 is 2.70 bits per heavy atom. The number of rotatable bonds is 3. The molecule has 1 N–H and O–H groups in total. The van der Waals surface area contributed by atoms with Gasteiger partial charge in [0.2, 0.25) is 11.7 Å². The molecule has 1 aromatic heterocycles. The van der Waals surface area contributed by atoms with Crippen LogP contribution in [0.1, 0.15) is 16.2 Å². The average Bonchev–Trinajstić information content (AvgIpc) is 3.27. The van der Waals surface area contributed by atoms with Crippen LogP contribution in [0, 0.1) is 5.92 Å². The van der Waals surface area contributed by atoms with E-state index in [1.54, 1.807) is 12.0 Å². The molecule has 142 valence electrons. The molecule has 1 saturated heterocycles. The number of aromatic amines is 1. The third kappa shape index (κ3) is 3.44. The van der Waals surface area contributed by atoms with Crippen molar-refractivity contribution in [2.75, 3.05) is 39.9 Å². The van der Waals surface area contributed by atoms with E-state index in [0.717, 1.165) is 17.1 Å². The van der Waals surface area contributed by atoms with Gasteiger partial charge in [0, 0.05) is 26.2 Å². The zero-order valence-electron chi connectivity index (χ0n) is 15.1. The van der Waals surface area contributed by atoms with Crippen LogP contribution >= 0.6 is 0 Å². The zero-order valence-corrected chi connectivity index (χ0v) is 15.1. The molecule has 9 heteroatoms. The molecular formula is C18H21N5O4. The highest BCUT2D eigenvalue weighted by Crippen LogP contribution is 2.31. The predicted octanol–water partition coefficient (Wildman–Crippen LogP) is 0.349. The number of carbonyl (C=O) groups excluding carboxylic acids is 2. The van der Waals surface area contributed by atoms with Crippen molar-refractivity contribution in [3.05, 3.63) is 35.9 Å². The molecule has 1 atom stereocenters. The van der Waals surface area contributed by atoms with Crippen molar-refractivity contribution in [3.8, 4) is 11.5 Å². The van der Waals surface area contributed by atoms with Gasteiger partial charge in [-0.1, -0.05) is 0 Å². The molecule has 0 aliphatic carbocycles. The number of ether oxygens (including phenoxy) is 2. The Hall–Kier alpha value is -3.10. The zero-order chi connectivity index (χ0) is 18.8. The number of H-pyrrole nitrogens is 1. The fourth-order valence-corrected chi connectivity index (χ4v) is 3.50. The van der Waals surface area contributed by atoms with Gasteiger partial charge in [-0.25, -0.2) is 4.98 Å². The van der Waals surface area contributed by atoms with Crippen LogP contribution < -0.4 is 9.47 Å². The molecule has 1 fully saturated rings. The predicted molar refractivity (Wildman–Crippen MR) is 94.5 cm³/mol. The van der Waals surface area contributed by atoms with Gasteiger partial charge >= 0.3 is 0 Å². The fourth-order valence-electron chi connectivity index (χ4n) is 3.50. The van der Waals surface area contributed by atoms with Gasteiger partial charge in [-0.2, -0.15) is 5.10 Å². The molecule has 4 rings (SSSR count). The summed E-state index contributed by atoms with van der Waals surface area (Å²) in [5.41, 5.74) is 0.984. The van der Waals surface area contributed by atoms with Gasteiger partial charge < -0.3 is 19.3 Å². The van der Waals surface area contributed by atoms with E-state index in [1.807, 2.05) is 23.1 Å². The van der Waals surface area contributed by atoms with Gasteiger partial charge in [0.1, 0.15) is 24.4 Å². The third-order valence-corrected chi connectivity index (χ3v) is 5.02. The van der Waals surface area contributed by atoms with Crippen molar-refractivity contribution in [1.29, 1.82) is 0 Å². The molecule has 2 amide bonds. The summed E-state index contributed by atoms with van der Waals surface area (Å²) in [6, 6.07) is 5.65. The number of aromatic nitrogens is 3. The highest BCUT2D eigenvalue weighted by Gasteiger charge is 2.32. The van der Waals surface area contributed by atoms with Crippen LogP contribution in [0.15, 0.2) is 24.5 Å². The van der Waals surface area contributed by atoms with Crippen LogP contribution in [0.2, 0.25) is 0 Å². The SMILES string of the molecule is COc1ccc2c(c1)C[C@@H](C(=O)N1CCN(C(=O)c3ncn[nH]3)CC1)CO2. The Morgan fingerprint density at radius 1 is 1.22 bits per heavy atom. The van der Waals surface area contributed by atoms with Crippen LogP contribution in [0.5, 0.6) is 11.5 Å². The van der Waals surface area contributed by atoms with Crippen molar-refractivity contribution in [3.63, 3.8) is 0 Å². The largest absolute Gasteiger partial charge is 0.497 e. The molecule has 0 saturated carbocycles. The maximum atomic E-state index is 12.9. The van der Waals surface area contributed by atoms with Crippen LogP contribution in [-0.2, 0) is 11.2 Å². The quantitative estimate of drug-likeness (QED) is 0.836. The van der Waals surface area contributed by atoms with Gasteiger partial charge in [0.15, 0.2) is 0 Å². The summed E-state index contributed by atoms with van der Waals surface area (Å²) in [7, 11) is 1.62. The number of nitrogens with one attached hydrogen (secondary N) is 1. The van der Waals surface area contributed by atoms with Gasteiger partial charge in [-0.15, -0.1) is 0 Å². The number of nitrogens with zero attached hydrogens (tertiary/aromatic N) is 4. The molecule has 0 spiro atoms. The number of benzene rings is 1. The van der Waals surface area contributed by atoms with E-state index in [0.29, 0.717) is 39.2 Å². The van der Waals surface area contributed by atoms with Crippen molar-refractivity contribution in [2.24, 2.45) is 5.92 Å². The van der Waals surface area contributed by atoms with E-state index in [9.17, 15) is 9.59 Å². The van der Waals surface area contributed by atoms with Crippen LogP contribution in [0.3, 0.4) is 0 Å². The smallest absolute Gasteiger partial charge is 0.291 e. The van der Waals surface area contributed by atoms with Gasteiger partial charge in [-0.3, -0.25) is 14.7 Å². The Balaban J connectivity index is 1.36. The number of hydrogen-bond donors (Lipinski definition) is 1. The highest BCUT2D eigenvalue weighted by atomic mass is 16.5. The summed E-state index contributed by atoms with van der Waals surface area (Å²) in [5.74, 6) is 1.44. The molecule has 0 bridgehead atoms. The summed E-state index contributed by atoms with van der Waals surface area (Å²) in [6.07, 6.45) is 1.94. The monoisotopic (exact) mass is 371 g/mol. The van der Waals surface area contributed by atoms with Crippen molar-refractivity contribution < 1.29 is 19.1 Å². The van der Waals surface area contributed by atoms with Crippen LogP contribution in [0.25, 0.3) is 0 Å². The number of methoxy groups -OCH3 is 1. The Bertz CT molecular complexity index is 830. The summed E-state index contributed by atoms with van der Waals surface area (Å²) in [4.78, 5) is 32.6. The second kappa shape index (κ2) is 7.26. The standard InChI is InChI=1S/C18H21N5O4/c1-26-14-2-3-15-12(9-14)8-13(10-27-15)17(24)22-4-6-23(7-5-22)18(25)16-19-11-20-21-16/h2-3,9,11,13H,4-8,10H2,1H3,(H,19,20,21)/t13-/m1/s1. The molecule has 27 heavy (non-hydrogen) atoms. The summed E-state index contributed by atoms with van der Waals surface area (Å²) in [5, 5.41) is 6.28. The first-order valence-corrected chi connectivity index (χ1v) is 8.89. The first-order valence-electron chi connectivity index (χ1n) is 8.89. The Kier molecular flexibility index (Phi) is 4.66. The maximum absolute atomic E-state index is 12.9. The normalized spacial score (nSPS) is 19.2. The minimum atomic E-state index is -0.221. The molecule has 0 radical (unpaired) electrons. The lowest BCUT2D eigenvalue weighted by molar-refractivity contribution is -0.138. The lowest BCUT2D eigenvalue weighted by Crippen LogP contribution is -2.53. The number of hydrogen-bond acceptors (Lipinski definition) is 6. The summed E-state index contributed by atoms with van der Waals surface area (Å²) < 4.78 is 11.0. The van der Waals surface area contributed by atoms with E-state index >= 15 is 0 Å². The molecular weight excluding hydrogens is 350 g/mol. The molecule has 1 aromatic carbocycles. The van der Waals surface area contributed by atoms with Gasteiger partial charge in [-0.05, 0) is 30.2 Å². The summed E-state index contributed by atoms with van der Waals surface area (Å²) >= 11 is 0. The summed E-state index contributed by atoms with van der Waals surface area (Å²) in [6.45, 7) is 2.32. The minimum absolute atomic E-state index is 0.0650. The number of fused-ring (bicyclic) bond motifs is 1. The topological polar surface area (TPSA) is 101 Å². The van der Waals surface area contributed by atoms with Crippen LogP contribution in [-0.4, -0.2) is 76.7 Å². The first-order chi connectivity index (χ1) is 13.2. The maximum Gasteiger partial charge on any atom is 0.291 e. The molecule has 2 aromatic rings. The van der Waals surface area contributed by atoms with Gasteiger partial charge in [0.25, 0.3) is 5.91 Å². The Morgan fingerprint density at radius 2 is 2.00 bits per heavy atom. The van der Waals surface area contributed by atoms with Crippen molar-refractivity contribution >= 4 is 11.8 Å². The third-order valence-electron chi connectivity index (χ3n) is 5.02. The van der Waals surface area contributed by atoms with E-state index in [2.05, 4.69) is 15.2 Å². The number of carbonyl (C=O) groups is 2. The molecule has 0 unspecified atom stereocenters. The van der Waals surface area contributed by atoms with Crippen molar-refractivity contribution in [2.45, 2.75) is 6.42 Å². The molecule has 2 aliphatic rings. The van der Waals surface area contributed by atoms with E-state index in [1.165, 1.54) is 6.33 Å². The minimum Gasteiger partial charge on any atom is -0.497 e. The van der Waals surface area contributed by atoms with E-state index < -0.39 is 0 Å². The first kappa shape index (κ1) is 17.3. The number of amides is 2. The second-order valence-electron chi connectivity index (χ2n) is 6.64. The lowest BCUT2D eigenvalue weighted by atomic mass is 9.95. The van der Waals surface area contributed by atoms with Crippen LogP contribution in [0.4, 0.5) is 0 Å². The second-order valence-corrected chi connectivity index (χ2v) is 6.64. The fraction of sp³-hybridized carbons (Fsp3) is 0.444.